The van der Waals surface area contributed by atoms with Crippen LogP contribution in [0.15, 0.2) is 0 Å². The van der Waals surface area contributed by atoms with Crippen LogP contribution in [-0.4, -0.2) is 41.3 Å². The summed E-state index contributed by atoms with van der Waals surface area (Å²) in [6.45, 7) is 2.85. The van der Waals surface area contributed by atoms with Crippen molar-refractivity contribution in [1.82, 2.24) is 15.0 Å². The number of ether oxygens (including phenoxy) is 1. The van der Waals surface area contributed by atoms with Gasteiger partial charge in [-0.05, 0) is 0 Å². The lowest BCUT2D eigenvalue weighted by atomic mass is 10.4. The summed E-state index contributed by atoms with van der Waals surface area (Å²) >= 11 is 0. The minimum Gasteiger partial charge on any atom is -0.378 e. The van der Waals surface area contributed by atoms with Crippen molar-refractivity contribution in [2.45, 2.75) is 0 Å². The first-order valence-corrected chi connectivity index (χ1v) is 4.35. The molecule has 76 valence electrons. The standard InChI is InChI=1S/C7H12N6O/c8-5-10-6(9)12-7(11-5)13-1-3-14-4-2-13/h1-4H2,(H4,8,9,10,11,12). The fraction of sp³-hybridized carbons (Fsp3) is 0.571. The summed E-state index contributed by atoms with van der Waals surface area (Å²) in [7, 11) is 0. The van der Waals surface area contributed by atoms with Gasteiger partial charge in [-0.1, -0.05) is 0 Å². The molecule has 0 aliphatic carbocycles. The monoisotopic (exact) mass is 196 g/mol. The van der Waals surface area contributed by atoms with E-state index in [1.165, 1.54) is 0 Å². The van der Waals surface area contributed by atoms with Crippen LogP contribution in [0.1, 0.15) is 0 Å². The molecule has 2 rings (SSSR count). The Bertz CT molecular complexity index is 304. The lowest BCUT2D eigenvalue weighted by Crippen LogP contribution is -2.37. The van der Waals surface area contributed by atoms with E-state index in [1.54, 1.807) is 0 Å². The summed E-state index contributed by atoms with van der Waals surface area (Å²) in [6, 6.07) is 0. The summed E-state index contributed by atoms with van der Waals surface area (Å²) in [6.07, 6.45) is 0. The molecule has 14 heavy (non-hydrogen) atoms. The molecule has 4 N–H and O–H groups in total. The third-order valence-electron chi connectivity index (χ3n) is 1.95. The lowest BCUT2D eigenvalue weighted by Gasteiger charge is -2.26. The average molecular weight is 196 g/mol. The van der Waals surface area contributed by atoms with Crippen LogP contribution >= 0.6 is 0 Å². The van der Waals surface area contributed by atoms with Gasteiger partial charge in [-0.2, -0.15) is 15.0 Å². The lowest BCUT2D eigenvalue weighted by molar-refractivity contribution is 0.122. The molecule has 0 aromatic carbocycles. The Balaban J connectivity index is 2.21. The number of anilines is 3. The van der Waals surface area contributed by atoms with E-state index in [0.717, 1.165) is 13.1 Å². The highest BCUT2D eigenvalue weighted by Crippen LogP contribution is 2.11. The van der Waals surface area contributed by atoms with Crippen molar-refractivity contribution in [1.29, 1.82) is 0 Å². The van der Waals surface area contributed by atoms with Gasteiger partial charge in [-0.3, -0.25) is 0 Å². The minimum absolute atomic E-state index is 0.152. The van der Waals surface area contributed by atoms with E-state index in [-0.39, 0.29) is 11.9 Å². The highest BCUT2D eigenvalue weighted by Gasteiger charge is 2.14. The van der Waals surface area contributed by atoms with Crippen molar-refractivity contribution in [3.8, 4) is 0 Å². The summed E-state index contributed by atoms with van der Waals surface area (Å²) in [5.41, 5.74) is 10.9. The summed E-state index contributed by atoms with van der Waals surface area (Å²) in [5, 5.41) is 0. The normalized spacial score (nSPS) is 17.0. The third kappa shape index (κ3) is 1.82. The molecule has 1 aliphatic heterocycles. The SMILES string of the molecule is Nc1nc(N)nc(N2CCOCC2)n1. The fourth-order valence-electron chi connectivity index (χ4n) is 1.30. The second kappa shape index (κ2) is 3.62. The van der Waals surface area contributed by atoms with Crippen LogP contribution in [0.3, 0.4) is 0 Å². The predicted molar refractivity (Wildman–Crippen MR) is 51.7 cm³/mol. The Morgan fingerprint density at radius 3 is 2.14 bits per heavy atom. The zero-order chi connectivity index (χ0) is 9.97. The molecule has 1 aromatic rings. The van der Waals surface area contributed by atoms with Crippen LogP contribution in [-0.2, 0) is 4.74 Å². The first kappa shape index (κ1) is 8.95. The van der Waals surface area contributed by atoms with E-state index in [0.29, 0.717) is 19.2 Å². The van der Waals surface area contributed by atoms with Gasteiger partial charge in [0, 0.05) is 13.1 Å². The molecule has 0 spiro atoms. The first-order chi connectivity index (χ1) is 6.75. The second-order valence-corrected chi connectivity index (χ2v) is 2.95. The van der Waals surface area contributed by atoms with E-state index < -0.39 is 0 Å². The van der Waals surface area contributed by atoms with E-state index in [1.807, 2.05) is 4.90 Å². The first-order valence-electron chi connectivity index (χ1n) is 4.35. The van der Waals surface area contributed by atoms with Crippen molar-refractivity contribution >= 4 is 17.8 Å². The Kier molecular flexibility index (Phi) is 2.32. The number of nitrogens with zero attached hydrogens (tertiary/aromatic N) is 4. The topological polar surface area (TPSA) is 103 Å². The smallest absolute Gasteiger partial charge is 0.232 e. The van der Waals surface area contributed by atoms with Crippen LogP contribution in [0.2, 0.25) is 0 Å². The zero-order valence-electron chi connectivity index (χ0n) is 7.68. The summed E-state index contributed by atoms with van der Waals surface area (Å²) in [4.78, 5) is 13.7. The van der Waals surface area contributed by atoms with Gasteiger partial charge >= 0.3 is 0 Å². The minimum atomic E-state index is 0.152. The van der Waals surface area contributed by atoms with E-state index >= 15 is 0 Å². The quantitative estimate of drug-likeness (QED) is 0.585. The Labute approximate surface area is 81.1 Å². The largest absolute Gasteiger partial charge is 0.378 e. The third-order valence-corrected chi connectivity index (χ3v) is 1.95. The van der Waals surface area contributed by atoms with Crippen molar-refractivity contribution in [3.63, 3.8) is 0 Å². The maximum atomic E-state index is 5.47. The highest BCUT2D eigenvalue weighted by molar-refractivity contribution is 5.39. The molecule has 0 amide bonds. The number of hydrogen-bond donors (Lipinski definition) is 2. The number of nitrogen functional groups attached to an aromatic ring is 2. The maximum absolute atomic E-state index is 5.47. The van der Waals surface area contributed by atoms with Crippen molar-refractivity contribution in [2.24, 2.45) is 0 Å². The molecule has 1 aliphatic rings. The van der Waals surface area contributed by atoms with Crippen molar-refractivity contribution in [2.75, 3.05) is 42.7 Å². The van der Waals surface area contributed by atoms with Gasteiger partial charge < -0.3 is 21.1 Å². The molecule has 1 fully saturated rings. The molecule has 7 heteroatoms. The van der Waals surface area contributed by atoms with Gasteiger partial charge in [0.15, 0.2) is 0 Å². The van der Waals surface area contributed by atoms with Gasteiger partial charge in [-0.25, -0.2) is 0 Å². The Hall–Kier alpha value is -1.63. The predicted octanol–water partition coefficient (Wildman–Crippen LogP) is -1.13. The molecule has 0 saturated carbocycles. The molecule has 0 radical (unpaired) electrons. The van der Waals surface area contributed by atoms with Gasteiger partial charge in [-0.15, -0.1) is 0 Å². The molecule has 0 unspecified atom stereocenters. The summed E-state index contributed by atoms with van der Waals surface area (Å²) < 4.78 is 5.21. The zero-order valence-corrected chi connectivity index (χ0v) is 7.68. The second-order valence-electron chi connectivity index (χ2n) is 2.95. The van der Waals surface area contributed by atoms with E-state index in [9.17, 15) is 0 Å². The number of aromatic nitrogens is 3. The van der Waals surface area contributed by atoms with E-state index in [4.69, 9.17) is 16.2 Å². The molecule has 1 saturated heterocycles. The fourth-order valence-corrected chi connectivity index (χ4v) is 1.30. The average Bonchev–Trinajstić information content (AvgIpc) is 2.18. The van der Waals surface area contributed by atoms with Gasteiger partial charge in [0.1, 0.15) is 0 Å². The molecule has 0 bridgehead atoms. The Morgan fingerprint density at radius 1 is 1.00 bits per heavy atom. The number of morpholine rings is 1. The number of nitrogens with two attached hydrogens (primary N) is 2. The van der Waals surface area contributed by atoms with Crippen LogP contribution in [0.5, 0.6) is 0 Å². The highest BCUT2D eigenvalue weighted by atomic mass is 16.5. The van der Waals surface area contributed by atoms with Crippen molar-refractivity contribution < 1.29 is 4.74 Å². The van der Waals surface area contributed by atoms with E-state index in [2.05, 4.69) is 15.0 Å². The Morgan fingerprint density at radius 2 is 1.57 bits per heavy atom. The molecular formula is C7H12N6O. The molecule has 7 nitrogen and oxygen atoms in total. The molecule has 2 heterocycles. The molecule has 1 aromatic heterocycles. The molecule has 0 atom stereocenters. The molecular weight excluding hydrogens is 184 g/mol. The van der Waals surface area contributed by atoms with Gasteiger partial charge in [0.2, 0.25) is 17.8 Å². The number of hydrogen-bond acceptors (Lipinski definition) is 7. The van der Waals surface area contributed by atoms with Crippen LogP contribution in [0.4, 0.5) is 17.8 Å². The van der Waals surface area contributed by atoms with Crippen LogP contribution < -0.4 is 16.4 Å². The van der Waals surface area contributed by atoms with Crippen LogP contribution in [0, 0.1) is 0 Å². The van der Waals surface area contributed by atoms with Gasteiger partial charge in [0.05, 0.1) is 13.2 Å². The van der Waals surface area contributed by atoms with Gasteiger partial charge in [0.25, 0.3) is 0 Å². The summed E-state index contributed by atoms with van der Waals surface area (Å²) in [5.74, 6) is 0.830. The van der Waals surface area contributed by atoms with Crippen LogP contribution in [0.25, 0.3) is 0 Å². The number of rotatable bonds is 1. The maximum Gasteiger partial charge on any atom is 0.232 e. The van der Waals surface area contributed by atoms with Crippen molar-refractivity contribution in [3.05, 3.63) is 0 Å².